The van der Waals surface area contributed by atoms with E-state index in [2.05, 4.69) is 22.7 Å². The SMILES string of the molecule is CCCCNC(=S)Nc1ccn(Cc2ccc(Cl)cc2)n1. The van der Waals surface area contributed by atoms with Gasteiger partial charge in [0.25, 0.3) is 0 Å². The average Bonchev–Trinajstić information content (AvgIpc) is 2.89. The molecule has 1 aromatic carbocycles. The Bertz CT molecular complexity index is 580. The number of thiocarbonyl (C=S) groups is 1. The van der Waals surface area contributed by atoms with Crippen LogP contribution in [0.15, 0.2) is 36.5 Å². The molecule has 0 saturated carbocycles. The maximum atomic E-state index is 5.87. The minimum Gasteiger partial charge on any atom is -0.362 e. The summed E-state index contributed by atoms with van der Waals surface area (Å²) in [4.78, 5) is 0. The van der Waals surface area contributed by atoms with Crippen LogP contribution < -0.4 is 10.6 Å². The second-order valence-electron chi connectivity index (χ2n) is 4.76. The van der Waals surface area contributed by atoms with Crippen molar-refractivity contribution in [2.45, 2.75) is 26.3 Å². The molecule has 0 amide bonds. The van der Waals surface area contributed by atoms with E-state index in [1.165, 1.54) is 0 Å². The van der Waals surface area contributed by atoms with Crippen molar-refractivity contribution in [1.82, 2.24) is 15.1 Å². The monoisotopic (exact) mass is 322 g/mol. The zero-order valence-corrected chi connectivity index (χ0v) is 13.5. The normalized spacial score (nSPS) is 10.4. The molecule has 1 heterocycles. The van der Waals surface area contributed by atoms with E-state index in [0.29, 0.717) is 11.7 Å². The van der Waals surface area contributed by atoms with Crippen LogP contribution in [0.5, 0.6) is 0 Å². The van der Waals surface area contributed by atoms with Crippen LogP contribution in [-0.2, 0) is 6.54 Å². The van der Waals surface area contributed by atoms with Gasteiger partial charge in [-0.3, -0.25) is 4.68 Å². The fourth-order valence-corrected chi connectivity index (χ4v) is 2.17. The molecule has 112 valence electrons. The number of aromatic nitrogens is 2. The summed E-state index contributed by atoms with van der Waals surface area (Å²) in [7, 11) is 0. The van der Waals surface area contributed by atoms with Gasteiger partial charge in [0.1, 0.15) is 0 Å². The Morgan fingerprint density at radius 2 is 2.05 bits per heavy atom. The zero-order valence-electron chi connectivity index (χ0n) is 12.0. The predicted molar refractivity (Wildman–Crippen MR) is 91.9 cm³/mol. The van der Waals surface area contributed by atoms with Crippen molar-refractivity contribution in [3.63, 3.8) is 0 Å². The van der Waals surface area contributed by atoms with Crippen molar-refractivity contribution >= 4 is 34.7 Å². The van der Waals surface area contributed by atoms with Gasteiger partial charge < -0.3 is 10.6 Å². The molecule has 0 radical (unpaired) electrons. The second kappa shape index (κ2) is 8.00. The van der Waals surface area contributed by atoms with Gasteiger partial charge in [-0.15, -0.1) is 0 Å². The number of nitrogens with one attached hydrogen (secondary N) is 2. The number of rotatable bonds is 6. The number of hydrogen-bond donors (Lipinski definition) is 2. The number of anilines is 1. The minimum atomic E-state index is 0.611. The molecule has 0 unspecified atom stereocenters. The van der Waals surface area contributed by atoms with Crippen LogP contribution >= 0.6 is 23.8 Å². The van der Waals surface area contributed by atoms with Crippen molar-refractivity contribution in [2.75, 3.05) is 11.9 Å². The van der Waals surface area contributed by atoms with Gasteiger partial charge in [-0.2, -0.15) is 5.10 Å². The van der Waals surface area contributed by atoms with E-state index in [-0.39, 0.29) is 0 Å². The minimum absolute atomic E-state index is 0.611. The highest BCUT2D eigenvalue weighted by Gasteiger charge is 2.02. The van der Waals surface area contributed by atoms with Gasteiger partial charge in [0, 0.05) is 23.8 Å². The summed E-state index contributed by atoms with van der Waals surface area (Å²) < 4.78 is 1.86. The van der Waals surface area contributed by atoms with Crippen LogP contribution in [0.25, 0.3) is 0 Å². The van der Waals surface area contributed by atoms with Crippen LogP contribution in [0.4, 0.5) is 5.82 Å². The Morgan fingerprint density at radius 1 is 1.29 bits per heavy atom. The number of nitrogens with zero attached hydrogens (tertiary/aromatic N) is 2. The molecule has 0 bridgehead atoms. The molecule has 0 saturated heterocycles. The molecule has 0 spiro atoms. The molecule has 0 fully saturated rings. The van der Waals surface area contributed by atoms with Gasteiger partial charge in [-0.1, -0.05) is 37.1 Å². The molecule has 2 N–H and O–H groups in total. The summed E-state index contributed by atoms with van der Waals surface area (Å²) in [6, 6.07) is 9.66. The molecule has 1 aromatic heterocycles. The van der Waals surface area contributed by atoms with Gasteiger partial charge >= 0.3 is 0 Å². The third kappa shape index (κ3) is 5.36. The highest BCUT2D eigenvalue weighted by molar-refractivity contribution is 7.80. The standard InChI is InChI=1S/C15H19ClN4S/c1-2-3-9-17-15(21)18-14-8-10-20(19-14)11-12-4-6-13(16)7-5-12/h4-8,10H,2-3,9,11H2,1H3,(H2,17,18,19,21). The summed E-state index contributed by atoms with van der Waals surface area (Å²) in [5.41, 5.74) is 1.15. The van der Waals surface area contributed by atoms with Gasteiger partial charge in [0.15, 0.2) is 10.9 Å². The third-order valence-corrected chi connectivity index (χ3v) is 3.45. The first-order chi connectivity index (χ1) is 10.2. The molecule has 2 rings (SSSR count). The molecule has 0 aliphatic rings. The third-order valence-electron chi connectivity index (χ3n) is 2.96. The summed E-state index contributed by atoms with van der Waals surface area (Å²) in [5, 5.41) is 12.0. The Balaban J connectivity index is 1.86. The van der Waals surface area contributed by atoms with Gasteiger partial charge in [0.05, 0.1) is 6.54 Å². The van der Waals surface area contributed by atoms with Gasteiger partial charge in [0.2, 0.25) is 0 Å². The Hall–Kier alpha value is -1.59. The molecule has 0 aliphatic heterocycles. The summed E-state index contributed by atoms with van der Waals surface area (Å²) in [6.07, 6.45) is 4.17. The van der Waals surface area contributed by atoms with Crippen LogP contribution in [-0.4, -0.2) is 21.4 Å². The van der Waals surface area contributed by atoms with E-state index >= 15 is 0 Å². The maximum absolute atomic E-state index is 5.87. The van der Waals surface area contributed by atoms with E-state index in [1.807, 2.05) is 41.2 Å². The molecule has 4 nitrogen and oxygen atoms in total. The Morgan fingerprint density at radius 3 is 2.76 bits per heavy atom. The Labute approximate surface area is 135 Å². The lowest BCUT2D eigenvalue weighted by Gasteiger charge is -2.07. The number of hydrogen-bond acceptors (Lipinski definition) is 2. The van der Waals surface area contributed by atoms with E-state index in [9.17, 15) is 0 Å². The molecule has 0 aliphatic carbocycles. The molecule has 0 atom stereocenters. The predicted octanol–water partition coefficient (Wildman–Crippen LogP) is 3.67. The quantitative estimate of drug-likeness (QED) is 0.629. The van der Waals surface area contributed by atoms with Crippen molar-refractivity contribution in [1.29, 1.82) is 0 Å². The van der Waals surface area contributed by atoms with Crippen LogP contribution in [0.2, 0.25) is 5.02 Å². The second-order valence-corrected chi connectivity index (χ2v) is 5.60. The zero-order chi connectivity index (χ0) is 15.1. The lowest BCUT2D eigenvalue weighted by molar-refractivity contribution is 0.689. The van der Waals surface area contributed by atoms with Crippen molar-refractivity contribution in [3.05, 3.63) is 47.1 Å². The number of benzene rings is 1. The summed E-state index contributed by atoms with van der Waals surface area (Å²) in [5.74, 6) is 0.748. The van der Waals surface area contributed by atoms with E-state index in [0.717, 1.165) is 35.8 Å². The van der Waals surface area contributed by atoms with Gasteiger partial charge in [-0.25, -0.2) is 0 Å². The van der Waals surface area contributed by atoms with E-state index < -0.39 is 0 Å². The largest absolute Gasteiger partial charge is 0.362 e. The topological polar surface area (TPSA) is 41.9 Å². The van der Waals surface area contributed by atoms with E-state index in [1.54, 1.807) is 0 Å². The lowest BCUT2D eigenvalue weighted by atomic mass is 10.2. The number of unbranched alkanes of at least 4 members (excludes halogenated alkanes) is 1. The first kappa shape index (κ1) is 15.8. The molecule has 21 heavy (non-hydrogen) atoms. The van der Waals surface area contributed by atoms with Gasteiger partial charge in [-0.05, 0) is 36.3 Å². The number of halogens is 1. The smallest absolute Gasteiger partial charge is 0.171 e. The maximum Gasteiger partial charge on any atom is 0.171 e. The van der Waals surface area contributed by atoms with Crippen LogP contribution in [0.1, 0.15) is 25.3 Å². The highest BCUT2D eigenvalue weighted by Crippen LogP contribution is 2.11. The molecular formula is C15H19ClN4S. The summed E-state index contributed by atoms with van der Waals surface area (Å²) >= 11 is 11.1. The Kier molecular flexibility index (Phi) is 6.02. The highest BCUT2D eigenvalue weighted by atomic mass is 35.5. The van der Waals surface area contributed by atoms with E-state index in [4.69, 9.17) is 23.8 Å². The first-order valence-electron chi connectivity index (χ1n) is 7.00. The molecule has 2 aromatic rings. The van der Waals surface area contributed by atoms with Crippen LogP contribution in [0.3, 0.4) is 0 Å². The van der Waals surface area contributed by atoms with Crippen LogP contribution in [0, 0.1) is 0 Å². The fourth-order valence-electron chi connectivity index (χ4n) is 1.83. The van der Waals surface area contributed by atoms with Crippen molar-refractivity contribution in [2.24, 2.45) is 0 Å². The molecular weight excluding hydrogens is 304 g/mol. The lowest BCUT2D eigenvalue weighted by Crippen LogP contribution is -2.29. The fraction of sp³-hybridized carbons (Fsp3) is 0.333. The molecule has 6 heteroatoms. The van der Waals surface area contributed by atoms with Crippen molar-refractivity contribution in [3.8, 4) is 0 Å². The first-order valence-corrected chi connectivity index (χ1v) is 7.78. The summed E-state index contributed by atoms with van der Waals surface area (Å²) in [6.45, 7) is 3.74. The average molecular weight is 323 g/mol. The van der Waals surface area contributed by atoms with Crippen molar-refractivity contribution < 1.29 is 0 Å².